The van der Waals surface area contributed by atoms with Crippen molar-refractivity contribution in [3.05, 3.63) is 187 Å². The van der Waals surface area contributed by atoms with Crippen molar-refractivity contribution in [3.8, 4) is 45.5 Å². The summed E-state index contributed by atoms with van der Waals surface area (Å²) in [6, 6.07) is 57.4. The predicted molar refractivity (Wildman–Crippen MR) is 237 cm³/mol. The normalized spacial score (nSPS) is 12.6. The summed E-state index contributed by atoms with van der Waals surface area (Å²) in [6.07, 6.45) is 9.33. The van der Waals surface area contributed by atoms with E-state index in [-0.39, 0.29) is 0 Å². The van der Waals surface area contributed by atoms with E-state index in [1.807, 2.05) is 60.7 Å². The number of rotatable bonds is 5. The van der Waals surface area contributed by atoms with Gasteiger partial charge in [-0.1, -0.05) is 133 Å². The summed E-state index contributed by atoms with van der Waals surface area (Å²) in [7, 11) is 0. The van der Waals surface area contributed by atoms with E-state index < -0.39 is 0 Å². The fraction of sp³-hybridized carbons (Fsp3) is 0.0192. The summed E-state index contributed by atoms with van der Waals surface area (Å²) < 4.78 is 11.5. The van der Waals surface area contributed by atoms with Gasteiger partial charge >= 0.3 is 0 Å². The number of nitrogens with zero attached hydrogens (tertiary/aromatic N) is 5. The number of benzene rings is 7. The molecule has 0 fully saturated rings. The van der Waals surface area contributed by atoms with E-state index in [4.69, 9.17) is 19.4 Å². The lowest BCUT2D eigenvalue weighted by molar-refractivity contribution is 0.574. The summed E-state index contributed by atoms with van der Waals surface area (Å²) in [6.45, 7) is 0. The summed E-state index contributed by atoms with van der Waals surface area (Å²) >= 11 is 0. The molecule has 0 saturated heterocycles. The SMILES string of the molecule is C1=CCC=c2oc3cc(-n4c5ccccc5c5cc6c7ccccc7n(-c7ccccc7)c6cc54)cc(-c4nc(-c5ccccc5)nc(-c5ccccc5)n4)c3c2=C1. The average Bonchev–Trinajstić information content (AvgIpc) is 3.85. The highest BCUT2D eigenvalue weighted by Crippen LogP contribution is 2.41. The highest BCUT2D eigenvalue weighted by molar-refractivity contribution is 6.19. The van der Waals surface area contributed by atoms with Crippen LogP contribution in [-0.2, 0) is 0 Å². The minimum atomic E-state index is 0.581. The van der Waals surface area contributed by atoms with Crippen molar-refractivity contribution in [2.24, 2.45) is 0 Å². The zero-order chi connectivity index (χ0) is 38.2. The van der Waals surface area contributed by atoms with Crippen LogP contribution in [0.5, 0.6) is 0 Å². The summed E-state index contributed by atoms with van der Waals surface area (Å²) in [5.41, 5.74) is 10.9. The predicted octanol–water partition coefficient (Wildman–Crippen LogP) is 11.3. The fourth-order valence-corrected chi connectivity index (χ4v) is 8.79. The van der Waals surface area contributed by atoms with E-state index in [2.05, 4.69) is 137 Å². The van der Waals surface area contributed by atoms with Gasteiger partial charge in [0.1, 0.15) is 11.0 Å². The van der Waals surface area contributed by atoms with Gasteiger partial charge in [-0.25, -0.2) is 15.0 Å². The number of fused-ring (bicyclic) bond motifs is 9. The van der Waals surface area contributed by atoms with E-state index in [1.54, 1.807) is 0 Å². The van der Waals surface area contributed by atoms with E-state index in [0.717, 1.165) is 72.6 Å². The van der Waals surface area contributed by atoms with Crippen molar-refractivity contribution < 1.29 is 4.42 Å². The average molecular weight is 744 g/mol. The van der Waals surface area contributed by atoms with Crippen molar-refractivity contribution in [3.63, 3.8) is 0 Å². The molecule has 6 nitrogen and oxygen atoms in total. The molecule has 0 unspecified atom stereocenters. The van der Waals surface area contributed by atoms with Crippen LogP contribution in [0.1, 0.15) is 6.42 Å². The van der Waals surface area contributed by atoms with Crippen molar-refractivity contribution in [2.45, 2.75) is 6.42 Å². The monoisotopic (exact) mass is 743 g/mol. The first-order chi connectivity index (χ1) is 28.8. The Labute approximate surface area is 332 Å². The molecule has 1 aliphatic rings. The summed E-state index contributed by atoms with van der Waals surface area (Å²) in [5, 5.41) is 6.79. The maximum Gasteiger partial charge on any atom is 0.164 e. The number of para-hydroxylation sites is 3. The number of aromatic nitrogens is 5. The lowest BCUT2D eigenvalue weighted by Gasteiger charge is -2.13. The van der Waals surface area contributed by atoms with Crippen LogP contribution in [0.3, 0.4) is 0 Å². The van der Waals surface area contributed by atoms with Gasteiger partial charge in [-0.05, 0) is 55.0 Å². The number of furan rings is 1. The largest absolute Gasteiger partial charge is 0.456 e. The van der Waals surface area contributed by atoms with Crippen molar-refractivity contribution in [1.82, 2.24) is 24.1 Å². The van der Waals surface area contributed by atoms with Gasteiger partial charge in [0.2, 0.25) is 0 Å². The minimum Gasteiger partial charge on any atom is -0.456 e. The molecule has 0 atom stereocenters. The van der Waals surface area contributed by atoms with Crippen LogP contribution in [0.25, 0.3) is 112 Å². The number of hydrogen-bond acceptors (Lipinski definition) is 4. The molecule has 11 aromatic rings. The molecule has 0 bridgehead atoms. The molecular weight excluding hydrogens is 711 g/mol. The molecule has 4 heterocycles. The first-order valence-corrected chi connectivity index (χ1v) is 19.6. The lowest BCUT2D eigenvalue weighted by atomic mass is 10.1. The molecule has 0 aliphatic heterocycles. The molecule has 1 aliphatic carbocycles. The summed E-state index contributed by atoms with van der Waals surface area (Å²) in [5.74, 6) is 1.80. The van der Waals surface area contributed by atoms with Gasteiger partial charge in [-0.3, -0.25) is 0 Å². The maximum absolute atomic E-state index is 6.80. The van der Waals surface area contributed by atoms with Crippen LogP contribution in [-0.4, -0.2) is 24.1 Å². The van der Waals surface area contributed by atoms with Gasteiger partial charge in [-0.15, -0.1) is 0 Å². The zero-order valence-electron chi connectivity index (χ0n) is 31.2. The Morgan fingerprint density at radius 2 is 1.02 bits per heavy atom. The van der Waals surface area contributed by atoms with Gasteiger partial charge < -0.3 is 13.6 Å². The molecule has 0 saturated carbocycles. The van der Waals surface area contributed by atoms with Crippen LogP contribution >= 0.6 is 0 Å². The molecule has 7 aromatic carbocycles. The highest BCUT2D eigenvalue weighted by Gasteiger charge is 2.22. The second-order valence-corrected chi connectivity index (χ2v) is 14.7. The molecule has 272 valence electrons. The van der Waals surface area contributed by atoms with E-state index in [1.165, 1.54) is 27.1 Å². The third-order valence-corrected chi connectivity index (χ3v) is 11.4. The van der Waals surface area contributed by atoms with Gasteiger partial charge in [-0.2, -0.15) is 0 Å². The Balaban J connectivity index is 1.20. The Hall–Kier alpha value is -7.83. The smallest absolute Gasteiger partial charge is 0.164 e. The molecule has 12 rings (SSSR count). The topological polar surface area (TPSA) is 61.7 Å². The first-order valence-electron chi connectivity index (χ1n) is 19.6. The Morgan fingerprint density at radius 3 is 1.66 bits per heavy atom. The third kappa shape index (κ3) is 5.02. The Morgan fingerprint density at radius 1 is 0.466 bits per heavy atom. The van der Waals surface area contributed by atoms with Crippen LogP contribution < -0.4 is 10.6 Å². The standard InChI is InChI=1S/C52H33N5O/c1-5-17-33(18-6-1)50-53-51(34-19-7-2-8-20-34)55-52(54-50)42-29-36(30-48-49(42)39-25-11-4-12-28-47(39)58-48)57-44-27-16-14-24-38(44)41-31-40-37-23-13-15-26-43(37)56(45(40)32-46(41)57)35-21-9-3-10-22-35/h1-11,13-32H,12H2. The van der Waals surface area contributed by atoms with Gasteiger partial charge in [0.25, 0.3) is 0 Å². The maximum atomic E-state index is 6.80. The van der Waals surface area contributed by atoms with E-state index in [0.29, 0.717) is 17.5 Å². The first kappa shape index (κ1) is 32.4. The van der Waals surface area contributed by atoms with Gasteiger partial charge in [0.05, 0.1) is 27.8 Å². The molecular formula is C52H33N5O. The van der Waals surface area contributed by atoms with E-state index >= 15 is 0 Å². The highest BCUT2D eigenvalue weighted by atomic mass is 16.3. The Kier molecular flexibility index (Phi) is 7.19. The van der Waals surface area contributed by atoms with Crippen LogP contribution in [0, 0.1) is 0 Å². The van der Waals surface area contributed by atoms with Crippen molar-refractivity contribution in [2.75, 3.05) is 0 Å². The molecule has 0 amide bonds. The number of hydrogen-bond donors (Lipinski definition) is 0. The molecule has 0 N–H and O–H groups in total. The number of allylic oxidation sites excluding steroid dienone is 2. The fourth-order valence-electron chi connectivity index (χ4n) is 8.79. The van der Waals surface area contributed by atoms with Gasteiger partial charge in [0.15, 0.2) is 17.5 Å². The molecule has 4 aromatic heterocycles. The van der Waals surface area contributed by atoms with Crippen molar-refractivity contribution >= 4 is 66.7 Å². The molecule has 58 heavy (non-hydrogen) atoms. The lowest BCUT2D eigenvalue weighted by Crippen LogP contribution is -2.19. The van der Waals surface area contributed by atoms with Crippen LogP contribution in [0.15, 0.2) is 180 Å². The van der Waals surface area contributed by atoms with Crippen LogP contribution in [0.2, 0.25) is 0 Å². The summed E-state index contributed by atoms with van der Waals surface area (Å²) in [4.78, 5) is 15.5. The second kappa shape index (κ2) is 12.9. The quantitative estimate of drug-likeness (QED) is 0.176. The van der Waals surface area contributed by atoms with Gasteiger partial charge in [0, 0.05) is 60.6 Å². The van der Waals surface area contributed by atoms with E-state index in [9.17, 15) is 0 Å². The second-order valence-electron chi connectivity index (χ2n) is 14.7. The Bertz CT molecular complexity index is 3520. The molecule has 0 radical (unpaired) electrons. The van der Waals surface area contributed by atoms with Crippen molar-refractivity contribution in [1.29, 1.82) is 0 Å². The molecule has 6 heteroatoms. The van der Waals surface area contributed by atoms with Crippen LogP contribution in [0.4, 0.5) is 0 Å². The zero-order valence-corrected chi connectivity index (χ0v) is 31.2. The third-order valence-electron chi connectivity index (χ3n) is 11.4. The minimum absolute atomic E-state index is 0.581. The molecule has 0 spiro atoms.